The summed E-state index contributed by atoms with van der Waals surface area (Å²) in [5, 5.41) is 14.7. The normalized spacial score (nSPS) is 15.1. The average molecular weight is 274 g/mol. The first kappa shape index (κ1) is 13.0. The van der Waals surface area contributed by atoms with Crippen molar-refractivity contribution in [2.75, 3.05) is 13.2 Å². The van der Waals surface area contributed by atoms with Gasteiger partial charge in [-0.2, -0.15) is 5.10 Å². The Kier molecular flexibility index (Phi) is 3.60. The molecule has 0 saturated carbocycles. The molecule has 0 fully saturated rings. The number of rotatable bonds is 4. The van der Waals surface area contributed by atoms with Gasteiger partial charge in [-0.25, -0.2) is 0 Å². The maximum atomic E-state index is 10.4. The second-order valence-electron chi connectivity index (χ2n) is 4.80. The molecule has 2 aromatic rings. The highest BCUT2D eigenvalue weighted by atomic mass is 16.6. The molecule has 3 rings (SSSR count). The van der Waals surface area contributed by atoms with Crippen molar-refractivity contribution >= 4 is 0 Å². The van der Waals surface area contributed by atoms with Gasteiger partial charge in [-0.15, -0.1) is 0 Å². The maximum absolute atomic E-state index is 10.4. The van der Waals surface area contributed by atoms with Crippen LogP contribution < -0.4 is 9.47 Å². The first-order valence-electron chi connectivity index (χ1n) is 6.86. The van der Waals surface area contributed by atoms with Gasteiger partial charge in [0.05, 0.1) is 12.3 Å². The summed E-state index contributed by atoms with van der Waals surface area (Å²) in [6, 6.07) is 5.61. The van der Waals surface area contributed by atoms with Crippen LogP contribution >= 0.6 is 0 Å². The molecule has 0 aliphatic carbocycles. The van der Waals surface area contributed by atoms with E-state index in [2.05, 4.69) is 5.10 Å². The SMILES string of the molecule is CCn1cc(CC(O)c2cccc3c2OCCO3)cn1. The molecule has 1 unspecified atom stereocenters. The lowest BCUT2D eigenvalue weighted by atomic mass is 10.0. The third-order valence-corrected chi connectivity index (χ3v) is 3.40. The summed E-state index contributed by atoms with van der Waals surface area (Å²) in [7, 11) is 0. The molecule has 2 heterocycles. The second kappa shape index (κ2) is 5.54. The molecule has 0 radical (unpaired) electrons. The van der Waals surface area contributed by atoms with Crippen LogP contribution in [0, 0.1) is 0 Å². The zero-order valence-corrected chi connectivity index (χ0v) is 11.5. The predicted molar refractivity (Wildman–Crippen MR) is 74.0 cm³/mol. The largest absolute Gasteiger partial charge is 0.486 e. The molecule has 5 heteroatoms. The molecule has 1 aliphatic heterocycles. The molecule has 0 bridgehead atoms. The fraction of sp³-hybridized carbons (Fsp3) is 0.400. The zero-order valence-electron chi connectivity index (χ0n) is 11.5. The summed E-state index contributed by atoms with van der Waals surface area (Å²) in [6.45, 7) is 3.93. The van der Waals surface area contributed by atoms with Crippen molar-refractivity contribution in [3.63, 3.8) is 0 Å². The Bertz CT molecular complexity index is 595. The number of benzene rings is 1. The lowest BCUT2D eigenvalue weighted by Gasteiger charge is -2.22. The van der Waals surface area contributed by atoms with Crippen LogP contribution in [0.15, 0.2) is 30.6 Å². The van der Waals surface area contributed by atoms with E-state index in [1.54, 1.807) is 6.20 Å². The number of fused-ring (bicyclic) bond motifs is 1. The fourth-order valence-corrected chi connectivity index (χ4v) is 2.38. The summed E-state index contributed by atoms with van der Waals surface area (Å²) in [5.41, 5.74) is 1.78. The van der Waals surface area contributed by atoms with Gasteiger partial charge in [-0.1, -0.05) is 12.1 Å². The Morgan fingerprint density at radius 2 is 2.20 bits per heavy atom. The van der Waals surface area contributed by atoms with Gasteiger partial charge in [0.15, 0.2) is 11.5 Å². The monoisotopic (exact) mass is 274 g/mol. The van der Waals surface area contributed by atoms with Crippen LogP contribution in [0.1, 0.15) is 24.2 Å². The molecule has 5 nitrogen and oxygen atoms in total. The van der Waals surface area contributed by atoms with Crippen LogP contribution in [0.4, 0.5) is 0 Å². The van der Waals surface area contributed by atoms with Crippen molar-refractivity contribution in [3.8, 4) is 11.5 Å². The summed E-state index contributed by atoms with van der Waals surface area (Å²) >= 11 is 0. The number of hydrogen-bond acceptors (Lipinski definition) is 4. The number of aliphatic hydroxyl groups is 1. The number of aromatic nitrogens is 2. The van der Waals surface area contributed by atoms with Crippen molar-refractivity contribution in [3.05, 3.63) is 41.7 Å². The van der Waals surface area contributed by atoms with Crippen molar-refractivity contribution in [1.82, 2.24) is 9.78 Å². The number of aryl methyl sites for hydroxylation is 1. The third kappa shape index (κ3) is 2.49. The van der Waals surface area contributed by atoms with E-state index in [4.69, 9.17) is 9.47 Å². The number of ether oxygens (including phenoxy) is 2. The van der Waals surface area contributed by atoms with Gasteiger partial charge < -0.3 is 14.6 Å². The van der Waals surface area contributed by atoms with E-state index < -0.39 is 6.10 Å². The van der Waals surface area contributed by atoms with Crippen molar-refractivity contribution in [1.29, 1.82) is 0 Å². The second-order valence-corrected chi connectivity index (χ2v) is 4.80. The highest BCUT2D eigenvalue weighted by Crippen LogP contribution is 2.37. The number of hydrogen-bond donors (Lipinski definition) is 1. The lowest BCUT2D eigenvalue weighted by Crippen LogP contribution is -2.17. The Balaban J connectivity index is 1.81. The van der Waals surface area contributed by atoms with Gasteiger partial charge in [0.2, 0.25) is 0 Å². The molecule has 1 aromatic heterocycles. The third-order valence-electron chi connectivity index (χ3n) is 3.40. The average Bonchev–Trinajstić information content (AvgIpc) is 2.94. The number of nitrogens with zero attached hydrogens (tertiary/aromatic N) is 2. The predicted octanol–water partition coefficient (Wildman–Crippen LogP) is 1.95. The Morgan fingerprint density at radius 3 is 3.00 bits per heavy atom. The van der Waals surface area contributed by atoms with E-state index in [9.17, 15) is 5.11 Å². The summed E-state index contributed by atoms with van der Waals surface area (Å²) in [5.74, 6) is 1.37. The Hall–Kier alpha value is -2.01. The van der Waals surface area contributed by atoms with Gasteiger partial charge in [0.25, 0.3) is 0 Å². The minimum absolute atomic E-state index is 0.514. The van der Waals surface area contributed by atoms with E-state index in [0.29, 0.717) is 31.1 Å². The van der Waals surface area contributed by atoms with E-state index in [1.807, 2.05) is 36.0 Å². The zero-order chi connectivity index (χ0) is 13.9. The van der Waals surface area contributed by atoms with Crippen LogP contribution in [-0.4, -0.2) is 28.1 Å². The summed E-state index contributed by atoms with van der Waals surface area (Å²) in [6.07, 6.45) is 3.64. The van der Waals surface area contributed by atoms with E-state index in [0.717, 1.165) is 17.7 Å². The number of para-hydroxylation sites is 1. The van der Waals surface area contributed by atoms with Crippen LogP contribution in [0.5, 0.6) is 11.5 Å². The molecule has 0 amide bonds. The van der Waals surface area contributed by atoms with Crippen LogP contribution in [0.2, 0.25) is 0 Å². The molecule has 0 spiro atoms. The quantitative estimate of drug-likeness (QED) is 0.926. The molecule has 1 aliphatic rings. The van der Waals surface area contributed by atoms with E-state index >= 15 is 0 Å². The van der Waals surface area contributed by atoms with Gasteiger partial charge >= 0.3 is 0 Å². The Morgan fingerprint density at radius 1 is 1.35 bits per heavy atom. The van der Waals surface area contributed by atoms with Crippen LogP contribution in [0.3, 0.4) is 0 Å². The molecule has 1 aromatic carbocycles. The Labute approximate surface area is 117 Å². The van der Waals surface area contributed by atoms with Crippen LogP contribution in [-0.2, 0) is 13.0 Å². The molecule has 0 saturated heterocycles. The van der Waals surface area contributed by atoms with E-state index in [1.165, 1.54) is 0 Å². The highest BCUT2D eigenvalue weighted by Gasteiger charge is 2.21. The summed E-state index contributed by atoms with van der Waals surface area (Å²) < 4.78 is 13.0. The molecule has 1 atom stereocenters. The molecule has 106 valence electrons. The van der Waals surface area contributed by atoms with Crippen LogP contribution in [0.25, 0.3) is 0 Å². The minimum Gasteiger partial charge on any atom is -0.486 e. The topological polar surface area (TPSA) is 56.5 Å². The molecular formula is C15H18N2O3. The van der Waals surface area contributed by atoms with Crippen molar-refractivity contribution in [2.45, 2.75) is 26.0 Å². The lowest BCUT2D eigenvalue weighted by molar-refractivity contribution is 0.146. The first-order valence-corrected chi connectivity index (χ1v) is 6.86. The van der Waals surface area contributed by atoms with Gasteiger partial charge in [0, 0.05) is 24.7 Å². The fourth-order valence-electron chi connectivity index (χ4n) is 2.38. The molecule has 1 N–H and O–H groups in total. The van der Waals surface area contributed by atoms with Gasteiger partial charge in [0.1, 0.15) is 13.2 Å². The smallest absolute Gasteiger partial charge is 0.167 e. The van der Waals surface area contributed by atoms with Gasteiger partial charge in [-0.05, 0) is 18.6 Å². The number of aliphatic hydroxyl groups excluding tert-OH is 1. The highest BCUT2D eigenvalue weighted by molar-refractivity contribution is 5.48. The van der Waals surface area contributed by atoms with Crippen molar-refractivity contribution < 1.29 is 14.6 Å². The minimum atomic E-state index is -0.624. The molecular weight excluding hydrogens is 256 g/mol. The van der Waals surface area contributed by atoms with E-state index in [-0.39, 0.29) is 0 Å². The molecule has 20 heavy (non-hydrogen) atoms. The van der Waals surface area contributed by atoms with Crippen molar-refractivity contribution in [2.24, 2.45) is 0 Å². The maximum Gasteiger partial charge on any atom is 0.167 e. The van der Waals surface area contributed by atoms with Gasteiger partial charge in [-0.3, -0.25) is 4.68 Å². The standard InChI is InChI=1S/C15H18N2O3/c1-2-17-10-11(9-16-17)8-13(18)12-4-3-5-14-15(12)20-7-6-19-14/h3-5,9-10,13,18H,2,6-8H2,1H3. The summed E-state index contributed by atoms with van der Waals surface area (Å²) in [4.78, 5) is 0. The first-order chi connectivity index (χ1) is 9.78.